The van der Waals surface area contributed by atoms with E-state index in [9.17, 15) is 0 Å². The highest BCUT2D eigenvalue weighted by atomic mass is 127. The molecule has 0 amide bonds. The van der Waals surface area contributed by atoms with Crippen molar-refractivity contribution in [3.63, 3.8) is 0 Å². The number of nitrogens with zero attached hydrogens (tertiary/aromatic N) is 2. The van der Waals surface area contributed by atoms with E-state index in [1.165, 1.54) is 31.2 Å². The Hall–Kier alpha value is -0.780. The van der Waals surface area contributed by atoms with Crippen LogP contribution in [0.15, 0.2) is 35.3 Å². The van der Waals surface area contributed by atoms with E-state index in [-0.39, 0.29) is 24.0 Å². The van der Waals surface area contributed by atoms with E-state index in [0.717, 1.165) is 32.1 Å². The average molecular weight is 399 g/mol. The summed E-state index contributed by atoms with van der Waals surface area (Å²) in [5.74, 6) is 1.12. The molecule has 1 saturated carbocycles. The van der Waals surface area contributed by atoms with E-state index in [1.54, 1.807) is 0 Å². The molecule has 1 heterocycles. The summed E-state index contributed by atoms with van der Waals surface area (Å²) < 4.78 is 0. The van der Waals surface area contributed by atoms with Crippen molar-refractivity contribution in [3.05, 3.63) is 35.9 Å². The van der Waals surface area contributed by atoms with Crippen LogP contribution in [-0.4, -0.2) is 37.0 Å². The molecule has 116 valence electrons. The number of aliphatic imine (C=N–C) groups is 1. The SMILES string of the molecule is CCNC(=NCC1(c2ccccc2)CC1)N1CCCC1.I. The van der Waals surface area contributed by atoms with Gasteiger partial charge in [-0.15, -0.1) is 24.0 Å². The van der Waals surface area contributed by atoms with Crippen molar-refractivity contribution >= 4 is 29.9 Å². The quantitative estimate of drug-likeness (QED) is 0.478. The molecule has 4 heteroatoms. The zero-order valence-corrected chi connectivity index (χ0v) is 15.2. The van der Waals surface area contributed by atoms with E-state index in [2.05, 4.69) is 47.5 Å². The molecule has 1 saturated heterocycles. The van der Waals surface area contributed by atoms with E-state index in [0.29, 0.717) is 5.41 Å². The molecule has 1 aromatic carbocycles. The lowest BCUT2D eigenvalue weighted by atomic mass is 9.96. The summed E-state index contributed by atoms with van der Waals surface area (Å²) in [4.78, 5) is 7.34. The number of benzene rings is 1. The van der Waals surface area contributed by atoms with E-state index in [1.807, 2.05) is 0 Å². The first-order valence-corrected chi connectivity index (χ1v) is 7.93. The molecule has 2 aliphatic rings. The zero-order chi connectivity index (χ0) is 13.8. The van der Waals surface area contributed by atoms with Crippen LogP contribution in [0.3, 0.4) is 0 Å². The fourth-order valence-electron chi connectivity index (χ4n) is 3.06. The first-order valence-electron chi connectivity index (χ1n) is 7.93. The lowest BCUT2D eigenvalue weighted by Crippen LogP contribution is -2.40. The predicted octanol–water partition coefficient (Wildman–Crippen LogP) is 3.40. The topological polar surface area (TPSA) is 27.6 Å². The molecule has 3 rings (SSSR count). The molecule has 1 aromatic rings. The van der Waals surface area contributed by atoms with Crippen LogP contribution in [0.4, 0.5) is 0 Å². The maximum atomic E-state index is 4.94. The molecule has 2 fully saturated rings. The molecule has 1 aliphatic carbocycles. The number of guanidine groups is 1. The lowest BCUT2D eigenvalue weighted by molar-refractivity contribution is 0.491. The molecule has 3 nitrogen and oxygen atoms in total. The van der Waals surface area contributed by atoms with Crippen molar-refractivity contribution in [2.45, 2.75) is 38.0 Å². The van der Waals surface area contributed by atoms with Crippen LogP contribution in [0.1, 0.15) is 38.2 Å². The second-order valence-corrected chi connectivity index (χ2v) is 6.01. The summed E-state index contributed by atoms with van der Waals surface area (Å²) in [5, 5.41) is 3.45. The largest absolute Gasteiger partial charge is 0.357 e. The van der Waals surface area contributed by atoms with E-state index in [4.69, 9.17) is 4.99 Å². The Kier molecular flexibility index (Phi) is 5.90. The monoisotopic (exact) mass is 399 g/mol. The Morgan fingerprint density at radius 3 is 2.43 bits per heavy atom. The van der Waals surface area contributed by atoms with Gasteiger partial charge in [-0.2, -0.15) is 0 Å². The fourth-order valence-corrected chi connectivity index (χ4v) is 3.06. The average Bonchev–Trinajstić information content (AvgIpc) is 3.09. The smallest absolute Gasteiger partial charge is 0.193 e. The van der Waals surface area contributed by atoms with Gasteiger partial charge in [0.1, 0.15) is 0 Å². The molecular weight excluding hydrogens is 373 g/mol. The van der Waals surface area contributed by atoms with E-state index >= 15 is 0 Å². The summed E-state index contributed by atoms with van der Waals surface area (Å²) in [5.41, 5.74) is 1.78. The number of rotatable bonds is 4. The predicted molar refractivity (Wildman–Crippen MR) is 99.6 cm³/mol. The second-order valence-electron chi connectivity index (χ2n) is 6.01. The minimum absolute atomic E-state index is 0. The Balaban J connectivity index is 0.00000161. The van der Waals surface area contributed by atoms with E-state index < -0.39 is 0 Å². The summed E-state index contributed by atoms with van der Waals surface area (Å²) in [6, 6.07) is 10.9. The van der Waals surface area contributed by atoms with Gasteiger partial charge in [0.05, 0.1) is 6.54 Å². The Morgan fingerprint density at radius 1 is 1.19 bits per heavy atom. The van der Waals surface area contributed by atoms with Crippen LogP contribution >= 0.6 is 24.0 Å². The van der Waals surface area contributed by atoms with Gasteiger partial charge in [-0.05, 0) is 38.2 Å². The second kappa shape index (κ2) is 7.47. The van der Waals surface area contributed by atoms with Gasteiger partial charge < -0.3 is 10.2 Å². The minimum atomic E-state index is 0. The Bertz CT molecular complexity index is 462. The zero-order valence-electron chi connectivity index (χ0n) is 12.8. The van der Waals surface area contributed by atoms with Crippen LogP contribution in [0, 0.1) is 0 Å². The molecular formula is C17H26IN3. The molecule has 0 aromatic heterocycles. The fraction of sp³-hybridized carbons (Fsp3) is 0.588. The first kappa shape index (κ1) is 16.6. The highest BCUT2D eigenvalue weighted by molar-refractivity contribution is 14.0. The summed E-state index contributed by atoms with van der Waals surface area (Å²) in [6.45, 7) is 6.34. The van der Waals surface area contributed by atoms with Gasteiger partial charge in [0.25, 0.3) is 0 Å². The summed E-state index contributed by atoms with van der Waals surface area (Å²) >= 11 is 0. The normalized spacial score (nSPS) is 20.0. The van der Waals surface area contributed by atoms with Crippen LogP contribution in [0.2, 0.25) is 0 Å². The molecule has 0 spiro atoms. The van der Waals surface area contributed by atoms with Crippen molar-refractivity contribution in [2.24, 2.45) is 4.99 Å². The van der Waals surface area contributed by atoms with Crippen LogP contribution in [0.25, 0.3) is 0 Å². The maximum absolute atomic E-state index is 4.94. The summed E-state index contributed by atoms with van der Waals surface area (Å²) in [6.07, 6.45) is 5.16. The molecule has 21 heavy (non-hydrogen) atoms. The highest BCUT2D eigenvalue weighted by Crippen LogP contribution is 2.48. The number of nitrogens with one attached hydrogen (secondary N) is 1. The lowest BCUT2D eigenvalue weighted by Gasteiger charge is -2.22. The Labute approximate surface area is 145 Å². The molecule has 0 bridgehead atoms. The van der Waals surface area contributed by atoms with Gasteiger partial charge in [0, 0.05) is 25.0 Å². The summed E-state index contributed by atoms with van der Waals surface area (Å²) in [7, 11) is 0. The minimum Gasteiger partial charge on any atom is -0.357 e. The number of hydrogen-bond donors (Lipinski definition) is 1. The molecule has 0 radical (unpaired) electrons. The van der Waals surface area contributed by atoms with Crippen molar-refractivity contribution in [3.8, 4) is 0 Å². The van der Waals surface area contributed by atoms with Gasteiger partial charge in [-0.25, -0.2) is 0 Å². The van der Waals surface area contributed by atoms with Crippen molar-refractivity contribution < 1.29 is 0 Å². The van der Waals surface area contributed by atoms with Crippen molar-refractivity contribution in [1.82, 2.24) is 10.2 Å². The van der Waals surface area contributed by atoms with Gasteiger partial charge in [0.2, 0.25) is 0 Å². The number of hydrogen-bond acceptors (Lipinski definition) is 1. The van der Waals surface area contributed by atoms with Crippen LogP contribution in [-0.2, 0) is 5.41 Å². The third-order valence-electron chi connectivity index (χ3n) is 4.51. The number of halogens is 1. The molecule has 1 aliphatic heterocycles. The molecule has 0 atom stereocenters. The van der Waals surface area contributed by atoms with Gasteiger partial charge in [0.15, 0.2) is 5.96 Å². The third kappa shape index (κ3) is 3.90. The van der Waals surface area contributed by atoms with Gasteiger partial charge >= 0.3 is 0 Å². The molecule has 0 unspecified atom stereocenters. The van der Waals surface area contributed by atoms with Crippen LogP contribution < -0.4 is 5.32 Å². The molecule has 1 N–H and O–H groups in total. The van der Waals surface area contributed by atoms with Gasteiger partial charge in [-0.3, -0.25) is 4.99 Å². The number of likely N-dealkylation sites (tertiary alicyclic amines) is 1. The third-order valence-corrected chi connectivity index (χ3v) is 4.51. The van der Waals surface area contributed by atoms with Crippen molar-refractivity contribution in [1.29, 1.82) is 0 Å². The highest BCUT2D eigenvalue weighted by Gasteiger charge is 2.44. The Morgan fingerprint density at radius 2 is 1.86 bits per heavy atom. The van der Waals surface area contributed by atoms with Gasteiger partial charge in [-0.1, -0.05) is 30.3 Å². The maximum Gasteiger partial charge on any atom is 0.193 e. The van der Waals surface area contributed by atoms with Crippen molar-refractivity contribution in [2.75, 3.05) is 26.2 Å². The first-order chi connectivity index (χ1) is 9.84. The standard InChI is InChI=1S/C17H25N3.HI/c1-2-18-16(20-12-6-7-13-20)19-14-17(10-11-17)15-8-4-3-5-9-15;/h3-5,8-9H,2,6-7,10-14H2,1H3,(H,18,19);1H. The van der Waals surface area contributed by atoms with Crippen LogP contribution in [0.5, 0.6) is 0 Å².